The number of carbonyl (C=O) groups is 2. The van der Waals surface area contributed by atoms with Gasteiger partial charge >= 0.3 is 5.97 Å². The number of aliphatic hydroxyl groups is 4. The van der Waals surface area contributed by atoms with E-state index < -0.39 is 54.4 Å². The molecule has 4 N–H and O–H groups in total. The first kappa shape index (κ1) is 54.7. The van der Waals surface area contributed by atoms with Crippen molar-refractivity contribution in [1.82, 2.24) is 9.80 Å². The Kier molecular flexibility index (Phi) is 23.8. The molecule has 0 spiro atoms. The summed E-state index contributed by atoms with van der Waals surface area (Å²) < 4.78 is 17.7. The van der Waals surface area contributed by atoms with Crippen LogP contribution in [0.1, 0.15) is 107 Å². The Morgan fingerprint density at radius 3 is 2.28 bits per heavy atom. The molecule has 0 aromatic rings. The van der Waals surface area contributed by atoms with Crippen LogP contribution in [0.3, 0.4) is 0 Å². The number of carbonyl (C=O) groups excluding carboxylic acids is 2. The van der Waals surface area contributed by atoms with Gasteiger partial charge < -0.3 is 49.3 Å². The van der Waals surface area contributed by atoms with Crippen LogP contribution in [-0.4, -0.2) is 137 Å². The molecule has 12 unspecified atom stereocenters. The van der Waals surface area contributed by atoms with Crippen LogP contribution >= 0.6 is 0 Å². The monoisotopic (exact) mass is 898 g/mol. The summed E-state index contributed by atoms with van der Waals surface area (Å²) in [6.07, 6.45) is 17.3. The van der Waals surface area contributed by atoms with Crippen LogP contribution in [0.2, 0.25) is 0 Å². The topological polar surface area (TPSA) is 171 Å². The fourth-order valence-electron chi connectivity index (χ4n) is 9.31. The molecule has 3 rings (SSSR count). The molecule has 362 valence electrons. The van der Waals surface area contributed by atoms with Gasteiger partial charge in [0.1, 0.15) is 12.2 Å². The van der Waals surface area contributed by atoms with Crippen molar-refractivity contribution in [3.63, 3.8) is 0 Å². The average molecular weight is 898 g/mol. The number of hydrogen-bond acceptors (Lipinski definition) is 12. The minimum atomic E-state index is -1.18. The maximum atomic E-state index is 14.0. The number of allylic oxidation sites excluding steroid dienone is 7. The summed E-state index contributed by atoms with van der Waals surface area (Å²) in [5.74, 6) is -3.63. The number of amides is 1. The Morgan fingerprint density at radius 1 is 1.00 bits per heavy atom. The zero-order valence-corrected chi connectivity index (χ0v) is 40.8. The van der Waals surface area contributed by atoms with Crippen LogP contribution in [0.5, 0.6) is 0 Å². The molecule has 12 atom stereocenters. The lowest BCUT2D eigenvalue weighted by Gasteiger charge is -2.40. The number of ether oxygens (including phenoxy) is 3. The number of likely N-dealkylation sites (tertiary alicyclic amines) is 2. The van der Waals surface area contributed by atoms with Crippen molar-refractivity contribution in [2.24, 2.45) is 40.7 Å². The van der Waals surface area contributed by atoms with Gasteiger partial charge in [-0.1, -0.05) is 107 Å². The first-order valence-corrected chi connectivity index (χ1v) is 23.7. The van der Waals surface area contributed by atoms with E-state index >= 15 is 0 Å². The van der Waals surface area contributed by atoms with E-state index in [2.05, 4.69) is 10.1 Å². The lowest BCUT2D eigenvalue weighted by atomic mass is 9.79. The molecule has 3 aliphatic rings. The van der Waals surface area contributed by atoms with E-state index in [1.54, 1.807) is 57.2 Å². The van der Waals surface area contributed by atoms with Crippen molar-refractivity contribution in [2.75, 3.05) is 47.0 Å². The second kappa shape index (κ2) is 27.8. The molecule has 0 aromatic heterocycles. The second-order valence-corrected chi connectivity index (χ2v) is 18.6. The van der Waals surface area contributed by atoms with Gasteiger partial charge in [0, 0.05) is 55.8 Å². The number of esters is 1. The second-order valence-electron chi connectivity index (χ2n) is 18.6. The van der Waals surface area contributed by atoms with Gasteiger partial charge in [-0.15, -0.1) is 0 Å². The van der Waals surface area contributed by atoms with Crippen molar-refractivity contribution in [1.29, 1.82) is 0 Å². The van der Waals surface area contributed by atoms with Crippen LogP contribution in [0.25, 0.3) is 0 Å². The molecule has 13 heteroatoms. The van der Waals surface area contributed by atoms with E-state index in [0.717, 1.165) is 31.5 Å². The molecular formula is C51H83N3O10. The fourth-order valence-corrected chi connectivity index (χ4v) is 9.31. The first-order chi connectivity index (χ1) is 30.5. The highest BCUT2D eigenvalue weighted by molar-refractivity contribution is 5.96. The molecule has 1 amide bonds. The number of methoxy groups -OCH3 is 2. The number of hydrogen-bond donors (Lipinski definition) is 4. The molecule has 2 saturated heterocycles. The number of nitrogens with zero attached hydrogens (tertiary/aromatic N) is 3. The molecule has 0 bridgehead atoms. The van der Waals surface area contributed by atoms with Crippen molar-refractivity contribution < 1.29 is 49.1 Å². The molecular weight excluding hydrogens is 815 g/mol. The zero-order chi connectivity index (χ0) is 47.5. The number of rotatable bonds is 15. The van der Waals surface area contributed by atoms with E-state index in [0.29, 0.717) is 43.3 Å². The van der Waals surface area contributed by atoms with Gasteiger partial charge in [-0.2, -0.15) is 0 Å². The highest BCUT2D eigenvalue weighted by Crippen LogP contribution is 2.31. The van der Waals surface area contributed by atoms with E-state index in [4.69, 9.17) is 19.0 Å². The quantitative estimate of drug-likeness (QED) is 0.0582. The summed E-state index contributed by atoms with van der Waals surface area (Å²) >= 11 is 0. The summed E-state index contributed by atoms with van der Waals surface area (Å²) in [5, 5.41) is 50.0. The van der Waals surface area contributed by atoms with Gasteiger partial charge in [0.15, 0.2) is 6.61 Å². The molecule has 0 radical (unpaired) electrons. The van der Waals surface area contributed by atoms with Crippen LogP contribution in [0.15, 0.2) is 76.7 Å². The van der Waals surface area contributed by atoms with Crippen molar-refractivity contribution in [2.45, 2.75) is 150 Å². The van der Waals surface area contributed by atoms with E-state index in [1.165, 1.54) is 33.5 Å². The predicted molar refractivity (Wildman–Crippen MR) is 253 cm³/mol. The minimum Gasteiger partial charge on any atom is -0.490 e. The van der Waals surface area contributed by atoms with Crippen molar-refractivity contribution in [3.8, 4) is 0 Å². The molecule has 0 aromatic carbocycles. The number of cyclic esters (lactones) is 1. The van der Waals surface area contributed by atoms with Gasteiger partial charge in [-0.3, -0.25) is 4.79 Å². The third-order valence-electron chi connectivity index (χ3n) is 13.6. The molecule has 2 fully saturated rings. The molecule has 0 saturated carbocycles. The third kappa shape index (κ3) is 16.4. The Labute approximate surface area is 384 Å². The Bertz CT molecular complexity index is 1660. The Morgan fingerprint density at radius 2 is 1.67 bits per heavy atom. The van der Waals surface area contributed by atoms with Gasteiger partial charge in [0.2, 0.25) is 5.76 Å². The summed E-state index contributed by atoms with van der Waals surface area (Å²) in [6.45, 7) is 20.2. The SMILES string of the molecule is C/C=C/C(O)C(C)/C=C/C(=N\OCC(=O)N1CCC(N2CCCCC2)CC1)C(C)C(O)C(C)C1OC(=O)/C(OC)=C/C(C)=C/C(C)C(O)C(CC)C(O)C(C)C/C(C)=C/C=C/C1OC. The highest BCUT2D eigenvalue weighted by atomic mass is 16.6. The van der Waals surface area contributed by atoms with Crippen molar-refractivity contribution in [3.05, 3.63) is 71.6 Å². The van der Waals surface area contributed by atoms with Crippen LogP contribution in [0.4, 0.5) is 0 Å². The molecule has 0 aliphatic carbocycles. The summed E-state index contributed by atoms with van der Waals surface area (Å²) in [4.78, 5) is 37.5. The van der Waals surface area contributed by atoms with Gasteiger partial charge in [0.25, 0.3) is 5.91 Å². The van der Waals surface area contributed by atoms with Crippen LogP contribution < -0.4 is 0 Å². The fraction of sp³-hybridized carbons (Fsp3) is 0.706. The summed E-state index contributed by atoms with van der Waals surface area (Å²) in [6, 6.07) is 0.500. The summed E-state index contributed by atoms with van der Waals surface area (Å²) in [7, 11) is 2.88. The minimum absolute atomic E-state index is 0.0841. The van der Waals surface area contributed by atoms with Crippen LogP contribution in [0, 0.1) is 35.5 Å². The normalized spacial score (nSPS) is 32.4. The van der Waals surface area contributed by atoms with Crippen molar-refractivity contribution >= 4 is 17.6 Å². The molecule has 64 heavy (non-hydrogen) atoms. The van der Waals surface area contributed by atoms with E-state index in [-0.39, 0.29) is 41.9 Å². The molecule has 3 aliphatic heterocycles. The van der Waals surface area contributed by atoms with Crippen LogP contribution in [-0.2, 0) is 28.6 Å². The Hall–Kier alpha value is -3.59. The number of oxime groups is 1. The third-order valence-corrected chi connectivity index (χ3v) is 13.6. The lowest BCUT2D eigenvalue weighted by Crippen LogP contribution is -2.48. The largest absolute Gasteiger partial charge is 0.490 e. The molecule has 3 heterocycles. The zero-order valence-electron chi connectivity index (χ0n) is 40.8. The Balaban J connectivity index is 1.95. The maximum Gasteiger partial charge on any atom is 0.373 e. The van der Waals surface area contributed by atoms with E-state index in [1.807, 2.05) is 64.7 Å². The first-order valence-electron chi connectivity index (χ1n) is 23.7. The smallest absolute Gasteiger partial charge is 0.373 e. The highest BCUT2D eigenvalue weighted by Gasteiger charge is 2.38. The number of piperidine rings is 2. The van der Waals surface area contributed by atoms with Gasteiger partial charge in [0.05, 0.1) is 37.2 Å². The predicted octanol–water partition coefficient (Wildman–Crippen LogP) is 6.93. The van der Waals surface area contributed by atoms with Gasteiger partial charge in [-0.25, -0.2) is 4.79 Å². The van der Waals surface area contributed by atoms with Gasteiger partial charge in [-0.05, 0) is 90.5 Å². The summed E-state index contributed by atoms with van der Waals surface area (Å²) in [5.41, 5.74) is 1.98. The molecule has 13 nitrogen and oxygen atoms in total. The van der Waals surface area contributed by atoms with E-state index in [9.17, 15) is 30.0 Å². The maximum absolute atomic E-state index is 14.0. The lowest BCUT2D eigenvalue weighted by molar-refractivity contribution is -0.161. The number of aliphatic hydroxyl groups excluding tert-OH is 4. The average Bonchev–Trinajstić information content (AvgIpc) is 3.29. The standard InChI is InChI=1S/C51H83N3O10/c1-12-18-43(55)35(5)21-22-42(52-63-32-46(56)54-27-23-40(24-28-54)53-25-15-14-16-26-53)38(8)49(59)39(9)50-44(61-10)20-17-19-33(3)29-36(6)47(57)41(13-2)48(58)37(7)30-34(4)31-45(62-11)51(60)64-50/h12,17-22,30-31,35-41,43-44,47-50,55,57-59H,13-16,23-29,32H2,1-11H3/b18-12+,20-17+,22-21+,33-19+,34-30+,45-31-,52-42+.